The molecule has 0 radical (unpaired) electrons. The number of carbonyl (C=O) groups excluding carboxylic acids is 1. The molecule has 7 nitrogen and oxygen atoms in total. The molecule has 0 aliphatic carbocycles. The number of benzene rings is 4. The number of hydrogen-bond acceptors (Lipinski definition) is 6. The Labute approximate surface area is 308 Å². The number of aromatic nitrogens is 1. The van der Waals surface area contributed by atoms with Gasteiger partial charge in [0.1, 0.15) is 18.1 Å². The van der Waals surface area contributed by atoms with Crippen molar-refractivity contribution in [2.75, 3.05) is 32.8 Å². The molecule has 1 aliphatic heterocycles. The third-order valence-corrected chi connectivity index (χ3v) is 9.04. The van der Waals surface area contributed by atoms with Crippen LogP contribution in [0.3, 0.4) is 0 Å². The van der Waals surface area contributed by atoms with Gasteiger partial charge < -0.3 is 19.1 Å². The van der Waals surface area contributed by atoms with Crippen LogP contribution in [0.2, 0.25) is 0 Å². The molecule has 10 heteroatoms. The summed E-state index contributed by atoms with van der Waals surface area (Å²) in [5, 5.41) is 0. The van der Waals surface area contributed by atoms with Crippen LogP contribution in [0.25, 0.3) is 6.08 Å². The van der Waals surface area contributed by atoms with E-state index in [1.54, 1.807) is 17.0 Å². The maximum atomic E-state index is 14.9. The summed E-state index contributed by atoms with van der Waals surface area (Å²) in [4.78, 5) is 21.1. The molecule has 4 aromatic carbocycles. The van der Waals surface area contributed by atoms with E-state index in [4.69, 9.17) is 14.2 Å². The number of nitrogens with zero attached hydrogens (tertiary/aromatic N) is 3. The summed E-state index contributed by atoms with van der Waals surface area (Å²) < 4.78 is 59.2. The van der Waals surface area contributed by atoms with Gasteiger partial charge in [0.15, 0.2) is 23.2 Å². The fraction of sp³-hybridized carbons (Fsp3) is 0.256. The van der Waals surface area contributed by atoms with Gasteiger partial charge in [0.05, 0.1) is 12.8 Å². The van der Waals surface area contributed by atoms with Gasteiger partial charge in [0.2, 0.25) is 11.8 Å². The highest BCUT2D eigenvalue weighted by molar-refractivity contribution is 5.91. The Bertz CT molecular complexity index is 1990. The smallest absolute Gasteiger partial charge is 0.246 e. The van der Waals surface area contributed by atoms with Gasteiger partial charge >= 0.3 is 0 Å². The van der Waals surface area contributed by atoms with Crippen LogP contribution in [0, 0.1) is 17.5 Å². The Kier molecular flexibility index (Phi) is 12.4. The monoisotopic (exact) mass is 721 g/mol. The van der Waals surface area contributed by atoms with E-state index in [0.29, 0.717) is 36.9 Å². The summed E-state index contributed by atoms with van der Waals surface area (Å²) in [7, 11) is 0. The molecular formula is C43H42F3N3O4. The van der Waals surface area contributed by atoms with Crippen LogP contribution >= 0.6 is 0 Å². The average Bonchev–Trinajstić information content (AvgIpc) is 3.17. The zero-order chi connectivity index (χ0) is 37.2. The largest absolute Gasteiger partial charge is 0.493 e. The van der Waals surface area contributed by atoms with Crippen molar-refractivity contribution in [2.45, 2.75) is 39.3 Å². The fourth-order valence-corrected chi connectivity index (χ4v) is 5.85. The quantitative estimate of drug-likeness (QED) is 0.107. The Morgan fingerprint density at radius 2 is 1.55 bits per heavy atom. The van der Waals surface area contributed by atoms with Gasteiger partial charge in [-0.3, -0.25) is 9.69 Å². The van der Waals surface area contributed by atoms with E-state index in [2.05, 4.69) is 60.1 Å². The topological polar surface area (TPSA) is 64.1 Å². The molecule has 0 atom stereocenters. The van der Waals surface area contributed by atoms with Crippen LogP contribution in [-0.4, -0.2) is 53.5 Å². The lowest BCUT2D eigenvalue weighted by molar-refractivity contribution is -0.127. The summed E-state index contributed by atoms with van der Waals surface area (Å²) in [6.07, 6.45) is 5.24. The van der Waals surface area contributed by atoms with E-state index in [1.807, 2.05) is 12.1 Å². The van der Waals surface area contributed by atoms with Crippen LogP contribution < -0.4 is 14.2 Å². The van der Waals surface area contributed by atoms with Gasteiger partial charge in [-0.15, -0.1) is 0 Å². The predicted octanol–water partition coefficient (Wildman–Crippen LogP) is 8.97. The molecule has 0 spiro atoms. The third kappa shape index (κ3) is 10.5. The number of hydrogen-bond donors (Lipinski definition) is 0. The molecule has 1 amide bonds. The van der Waals surface area contributed by atoms with Crippen LogP contribution in [-0.2, 0) is 24.4 Å². The summed E-state index contributed by atoms with van der Waals surface area (Å²) in [5.74, 6) is -0.911. The molecule has 6 rings (SSSR count). The molecule has 1 aromatic heterocycles. The molecule has 0 bridgehead atoms. The van der Waals surface area contributed by atoms with Crippen molar-refractivity contribution in [2.24, 2.45) is 0 Å². The lowest BCUT2D eigenvalue weighted by Crippen LogP contribution is -2.47. The first kappa shape index (κ1) is 37.2. The first-order valence-electron chi connectivity index (χ1n) is 17.7. The Morgan fingerprint density at radius 3 is 2.25 bits per heavy atom. The van der Waals surface area contributed by atoms with Gasteiger partial charge in [0, 0.05) is 56.9 Å². The van der Waals surface area contributed by atoms with Crippen molar-refractivity contribution in [3.8, 4) is 23.1 Å². The summed E-state index contributed by atoms with van der Waals surface area (Å²) in [6, 6.07) is 28.2. The van der Waals surface area contributed by atoms with E-state index in [0.717, 1.165) is 37.9 Å². The second-order valence-corrected chi connectivity index (χ2v) is 13.2. The van der Waals surface area contributed by atoms with Crippen molar-refractivity contribution >= 4 is 12.0 Å². The highest BCUT2D eigenvalue weighted by Gasteiger charge is 2.20. The number of carbonyl (C=O) groups is 1. The summed E-state index contributed by atoms with van der Waals surface area (Å²) in [6.45, 7) is 8.32. The maximum Gasteiger partial charge on any atom is 0.246 e. The number of amides is 1. The van der Waals surface area contributed by atoms with Gasteiger partial charge in [-0.25, -0.2) is 18.2 Å². The number of rotatable bonds is 14. The van der Waals surface area contributed by atoms with Crippen molar-refractivity contribution in [3.63, 3.8) is 0 Å². The zero-order valence-corrected chi connectivity index (χ0v) is 29.8. The van der Waals surface area contributed by atoms with Gasteiger partial charge in [0.25, 0.3) is 0 Å². The van der Waals surface area contributed by atoms with Crippen LogP contribution in [0.4, 0.5) is 13.2 Å². The lowest BCUT2D eigenvalue weighted by atomic mass is 10.0. The van der Waals surface area contributed by atoms with Gasteiger partial charge in [-0.2, -0.15) is 0 Å². The van der Waals surface area contributed by atoms with Crippen molar-refractivity contribution in [1.82, 2.24) is 14.8 Å². The van der Waals surface area contributed by atoms with E-state index in [9.17, 15) is 18.0 Å². The number of ether oxygens (including phenoxy) is 3. The molecule has 0 N–H and O–H groups in total. The molecular weight excluding hydrogens is 679 g/mol. The maximum absolute atomic E-state index is 14.9. The summed E-state index contributed by atoms with van der Waals surface area (Å²) >= 11 is 0. The van der Waals surface area contributed by atoms with Gasteiger partial charge in [-0.05, 0) is 70.6 Å². The van der Waals surface area contributed by atoms with E-state index in [1.165, 1.54) is 65.4 Å². The molecule has 2 heterocycles. The second kappa shape index (κ2) is 17.7. The first-order chi connectivity index (χ1) is 25.7. The third-order valence-electron chi connectivity index (χ3n) is 9.04. The minimum atomic E-state index is -0.966. The number of halogens is 3. The number of piperazine rings is 1. The second-order valence-electron chi connectivity index (χ2n) is 13.2. The number of pyridine rings is 1. The Balaban J connectivity index is 0.907. The molecule has 5 aromatic rings. The van der Waals surface area contributed by atoms with Crippen LogP contribution in [0.5, 0.6) is 23.1 Å². The zero-order valence-electron chi connectivity index (χ0n) is 29.8. The molecule has 0 unspecified atom stereocenters. The predicted molar refractivity (Wildman–Crippen MR) is 198 cm³/mol. The van der Waals surface area contributed by atoms with Crippen LogP contribution in [0.15, 0.2) is 109 Å². The summed E-state index contributed by atoms with van der Waals surface area (Å²) in [5.41, 5.74) is 4.37. The van der Waals surface area contributed by atoms with Crippen molar-refractivity contribution in [3.05, 3.63) is 155 Å². The SMILES string of the molecule is CC(C)c1ccc(CCOc2ccc(CN3CCN(C(=O)C=Cc4ccc(Oc5ccc(OCc6cccc(F)c6F)cn5)c(F)c4)CC3)cc2)cc1. The molecule has 1 aliphatic rings. The van der Waals surface area contributed by atoms with Crippen molar-refractivity contribution < 1.29 is 32.2 Å². The molecule has 0 saturated carbocycles. The molecule has 274 valence electrons. The Hall–Kier alpha value is -5.61. The minimum Gasteiger partial charge on any atom is -0.493 e. The van der Waals surface area contributed by atoms with Crippen LogP contribution in [0.1, 0.15) is 47.6 Å². The molecule has 1 fully saturated rings. The Morgan fingerprint density at radius 1 is 0.811 bits per heavy atom. The minimum absolute atomic E-state index is 0.0435. The standard InChI is InChI=1S/C43H42F3N3O4/c1-30(2)34-12-6-31(7-13-34)20-25-51-36-14-8-33(9-15-36)28-48-21-23-49(24-22-48)42(50)19-11-32-10-17-40(39(45)26-32)53-41-18-16-37(27-47-41)52-29-35-4-3-5-38(44)43(35)46/h3-19,26-27,30H,20-25,28-29H2,1-2H3. The normalized spacial score (nSPS) is 13.4. The molecule has 53 heavy (non-hydrogen) atoms. The average molecular weight is 722 g/mol. The fourth-order valence-electron chi connectivity index (χ4n) is 5.85. The highest BCUT2D eigenvalue weighted by atomic mass is 19.2. The lowest BCUT2D eigenvalue weighted by Gasteiger charge is -2.34. The van der Waals surface area contributed by atoms with E-state index >= 15 is 0 Å². The highest BCUT2D eigenvalue weighted by Crippen LogP contribution is 2.26. The van der Waals surface area contributed by atoms with Gasteiger partial charge in [-0.1, -0.05) is 68.4 Å². The molecule has 1 saturated heterocycles. The van der Waals surface area contributed by atoms with Crippen molar-refractivity contribution in [1.29, 1.82) is 0 Å². The first-order valence-corrected chi connectivity index (χ1v) is 17.7. The van der Waals surface area contributed by atoms with E-state index in [-0.39, 0.29) is 29.7 Å². The van der Waals surface area contributed by atoms with E-state index < -0.39 is 17.5 Å².